The van der Waals surface area contributed by atoms with Gasteiger partial charge in [0.2, 0.25) is 0 Å². The first-order valence-electron chi connectivity index (χ1n) is 4.51. The molecule has 0 N–H and O–H groups in total. The highest BCUT2D eigenvalue weighted by atomic mass is 35.5. The molecule has 0 spiro atoms. The Morgan fingerprint density at radius 1 is 1.54 bits per heavy atom. The molecule has 72 valence electrons. The fraction of sp³-hybridized carbons (Fsp3) is 0.667. The highest BCUT2D eigenvalue weighted by Crippen LogP contribution is 2.40. The largest absolute Gasteiger partial charge is 0.271 e. The monoisotopic (exact) mass is 218 g/mol. The van der Waals surface area contributed by atoms with Crippen LogP contribution >= 0.6 is 23.2 Å². The number of alkyl halides is 1. The van der Waals surface area contributed by atoms with E-state index in [2.05, 4.69) is 5.10 Å². The Bertz CT molecular complexity index is 289. The minimum Gasteiger partial charge on any atom is -0.271 e. The first-order valence-corrected chi connectivity index (χ1v) is 5.33. The van der Waals surface area contributed by atoms with Gasteiger partial charge in [-0.1, -0.05) is 18.0 Å². The minimum absolute atomic E-state index is 0.230. The second kappa shape index (κ2) is 3.50. The van der Waals surface area contributed by atoms with Crippen LogP contribution in [0.4, 0.5) is 0 Å². The van der Waals surface area contributed by atoms with Crippen molar-refractivity contribution in [1.29, 1.82) is 0 Å². The Hall–Kier alpha value is -0.210. The van der Waals surface area contributed by atoms with E-state index >= 15 is 0 Å². The van der Waals surface area contributed by atoms with Gasteiger partial charge >= 0.3 is 0 Å². The summed E-state index contributed by atoms with van der Waals surface area (Å²) in [5.74, 6) is 0.390. The molecule has 1 fully saturated rings. The van der Waals surface area contributed by atoms with Gasteiger partial charge in [0.05, 0.1) is 16.9 Å². The summed E-state index contributed by atoms with van der Waals surface area (Å²) >= 11 is 12.3. The SMILES string of the molecule is Cn1ncc(Cl)c1C1CCCC1Cl. The molecule has 2 unspecified atom stereocenters. The molecule has 1 saturated carbocycles. The first kappa shape index (κ1) is 9.35. The summed E-state index contributed by atoms with van der Waals surface area (Å²) < 4.78 is 1.84. The quantitative estimate of drug-likeness (QED) is 0.664. The average molecular weight is 219 g/mol. The molecule has 2 rings (SSSR count). The maximum atomic E-state index is 6.21. The van der Waals surface area contributed by atoms with Crippen molar-refractivity contribution in [3.63, 3.8) is 0 Å². The first-order chi connectivity index (χ1) is 6.20. The molecule has 2 nitrogen and oxygen atoms in total. The topological polar surface area (TPSA) is 17.8 Å². The number of halogens is 2. The fourth-order valence-electron chi connectivity index (χ4n) is 2.06. The van der Waals surface area contributed by atoms with Crippen LogP contribution in [-0.2, 0) is 7.05 Å². The van der Waals surface area contributed by atoms with E-state index in [0.29, 0.717) is 5.92 Å². The van der Waals surface area contributed by atoms with Gasteiger partial charge < -0.3 is 0 Å². The maximum absolute atomic E-state index is 6.21. The normalized spacial score (nSPS) is 28.2. The van der Waals surface area contributed by atoms with Crippen molar-refractivity contribution in [1.82, 2.24) is 9.78 Å². The Balaban J connectivity index is 2.33. The smallest absolute Gasteiger partial charge is 0.0821 e. The number of rotatable bonds is 1. The van der Waals surface area contributed by atoms with E-state index in [1.165, 1.54) is 6.42 Å². The molecule has 0 saturated heterocycles. The van der Waals surface area contributed by atoms with Crippen molar-refractivity contribution in [2.45, 2.75) is 30.6 Å². The molecule has 0 aliphatic heterocycles. The number of nitrogens with zero attached hydrogens (tertiary/aromatic N) is 2. The van der Waals surface area contributed by atoms with E-state index in [0.717, 1.165) is 23.6 Å². The summed E-state index contributed by atoms with van der Waals surface area (Å²) in [5.41, 5.74) is 1.10. The van der Waals surface area contributed by atoms with Crippen LogP contribution in [0.25, 0.3) is 0 Å². The number of hydrogen-bond acceptors (Lipinski definition) is 1. The van der Waals surface area contributed by atoms with Crippen molar-refractivity contribution in [2.75, 3.05) is 0 Å². The molecule has 0 radical (unpaired) electrons. The van der Waals surface area contributed by atoms with Crippen LogP contribution < -0.4 is 0 Å². The molecule has 1 aromatic rings. The van der Waals surface area contributed by atoms with E-state index in [1.807, 2.05) is 11.7 Å². The van der Waals surface area contributed by atoms with Gasteiger partial charge in [-0.15, -0.1) is 11.6 Å². The van der Waals surface area contributed by atoms with Gasteiger partial charge in [0.25, 0.3) is 0 Å². The predicted octanol–water partition coefficient (Wildman–Crippen LogP) is 2.95. The summed E-state index contributed by atoms with van der Waals surface area (Å²) in [6, 6.07) is 0. The third-order valence-electron chi connectivity index (χ3n) is 2.72. The van der Waals surface area contributed by atoms with Crippen molar-refractivity contribution >= 4 is 23.2 Å². The van der Waals surface area contributed by atoms with Gasteiger partial charge in [-0.05, 0) is 12.8 Å². The maximum Gasteiger partial charge on any atom is 0.0821 e. The second-order valence-electron chi connectivity index (χ2n) is 3.55. The molecular weight excluding hydrogens is 207 g/mol. The van der Waals surface area contributed by atoms with Crippen LogP contribution in [0.5, 0.6) is 0 Å². The molecule has 0 amide bonds. The highest BCUT2D eigenvalue weighted by molar-refractivity contribution is 6.31. The zero-order chi connectivity index (χ0) is 9.42. The molecular formula is C9H12Cl2N2. The van der Waals surface area contributed by atoms with E-state index in [9.17, 15) is 0 Å². The molecule has 4 heteroatoms. The molecule has 1 aliphatic carbocycles. The molecule has 1 aliphatic rings. The fourth-order valence-corrected chi connectivity index (χ4v) is 2.77. The zero-order valence-corrected chi connectivity index (χ0v) is 9.02. The molecule has 1 heterocycles. The van der Waals surface area contributed by atoms with E-state index in [-0.39, 0.29) is 5.38 Å². The second-order valence-corrected chi connectivity index (χ2v) is 4.52. The Morgan fingerprint density at radius 2 is 2.31 bits per heavy atom. The summed E-state index contributed by atoms with van der Waals surface area (Å²) in [5, 5.41) is 5.10. The Morgan fingerprint density at radius 3 is 2.77 bits per heavy atom. The molecule has 1 aromatic heterocycles. The highest BCUT2D eigenvalue weighted by Gasteiger charge is 2.30. The molecule has 13 heavy (non-hydrogen) atoms. The number of aromatic nitrogens is 2. The van der Waals surface area contributed by atoms with Crippen molar-refractivity contribution in [3.8, 4) is 0 Å². The third-order valence-corrected chi connectivity index (χ3v) is 3.53. The summed E-state index contributed by atoms with van der Waals surface area (Å²) in [7, 11) is 1.92. The average Bonchev–Trinajstić information content (AvgIpc) is 2.60. The summed E-state index contributed by atoms with van der Waals surface area (Å²) in [4.78, 5) is 0. The van der Waals surface area contributed by atoms with Crippen LogP contribution in [0, 0.1) is 0 Å². The lowest BCUT2D eigenvalue weighted by Gasteiger charge is -2.14. The van der Waals surface area contributed by atoms with Crippen LogP contribution in [-0.4, -0.2) is 15.2 Å². The third kappa shape index (κ3) is 1.57. The van der Waals surface area contributed by atoms with Crippen molar-refractivity contribution in [2.24, 2.45) is 7.05 Å². The number of hydrogen-bond donors (Lipinski definition) is 0. The van der Waals surface area contributed by atoms with Gasteiger partial charge in [-0.25, -0.2) is 0 Å². The lowest BCUT2D eigenvalue weighted by molar-refractivity contribution is 0.621. The number of aryl methyl sites for hydroxylation is 1. The lowest BCUT2D eigenvalue weighted by Crippen LogP contribution is -2.10. The molecule has 2 atom stereocenters. The van der Waals surface area contributed by atoms with E-state index < -0.39 is 0 Å². The molecule has 0 aromatic carbocycles. The van der Waals surface area contributed by atoms with Gasteiger partial charge in [0, 0.05) is 18.3 Å². The standard InChI is InChI=1S/C9H12Cl2N2/c1-13-9(8(11)5-12-13)6-3-2-4-7(6)10/h5-7H,2-4H2,1H3. The van der Waals surface area contributed by atoms with Gasteiger partial charge in [0.15, 0.2) is 0 Å². The zero-order valence-electron chi connectivity index (χ0n) is 7.50. The van der Waals surface area contributed by atoms with Crippen molar-refractivity contribution in [3.05, 3.63) is 16.9 Å². The summed E-state index contributed by atoms with van der Waals surface area (Å²) in [6.45, 7) is 0. The Labute approximate surface area is 87.8 Å². The van der Waals surface area contributed by atoms with E-state index in [4.69, 9.17) is 23.2 Å². The minimum atomic E-state index is 0.230. The van der Waals surface area contributed by atoms with Crippen LogP contribution in [0.3, 0.4) is 0 Å². The summed E-state index contributed by atoms with van der Waals surface area (Å²) in [6.07, 6.45) is 5.11. The van der Waals surface area contributed by atoms with Gasteiger partial charge in [-0.2, -0.15) is 5.10 Å². The Kier molecular flexibility index (Phi) is 2.52. The van der Waals surface area contributed by atoms with E-state index in [1.54, 1.807) is 6.20 Å². The van der Waals surface area contributed by atoms with Crippen LogP contribution in [0.15, 0.2) is 6.20 Å². The van der Waals surface area contributed by atoms with Crippen LogP contribution in [0.1, 0.15) is 30.9 Å². The van der Waals surface area contributed by atoms with Crippen LogP contribution in [0.2, 0.25) is 5.02 Å². The molecule has 0 bridgehead atoms. The van der Waals surface area contributed by atoms with Gasteiger partial charge in [-0.3, -0.25) is 4.68 Å². The predicted molar refractivity (Wildman–Crippen MR) is 54.5 cm³/mol. The van der Waals surface area contributed by atoms with Crippen molar-refractivity contribution < 1.29 is 0 Å². The lowest BCUT2D eigenvalue weighted by atomic mass is 10.0. The van der Waals surface area contributed by atoms with Gasteiger partial charge in [0.1, 0.15) is 0 Å².